The minimum Gasteiger partial charge on any atom is -0.352 e. The molecule has 1 atom stereocenters. The lowest BCUT2D eigenvalue weighted by Gasteiger charge is -2.21. The van der Waals surface area contributed by atoms with Gasteiger partial charge in [-0.05, 0) is 33.3 Å². The highest BCUT2D eigenvalue weighted by Gasteiger charge is 2.22. The highest BCUT2D eigenvalue weighted by molar-refractivity contribution is 7.12. The van der Waals surface area contributed by atoms with Gasteiger partial charge in [0.1, 0.15) is 0 Å². The van der Waals surface area contributed by atoms with Gasteiger partial charge in [-0.15, -0.1) is 11.3 Å². The van der Waals surface area contributed by atoms with Crippen molar-refractivity contribution in [3.8, 4) is 0 Å². The van der Waals surface area contributed by atoms with Crippen LogP contribution < -0.4 is 5.32 Å². The molecule has 1 fully saturated rings. The molecular formula is C17H24N2O3S. The molecule has 6 heteroatoms. The molecule has 2 rings (SSSR count). The number of nitrogens with zero attached hydrogens (tertiary/aromatic N) is 1. The van der Waals surface area contributed by atoms with E-state index in [4.69, 9.17) is 0 Å². The number of carbonyl (C=O) groups is 3. The fourth-order valence-corrected chi connectivity index (χ4v) is 3.83. The molecule has 0 aromatic carbocycles. The van der Waals surface area contributed by atoms with Gasteiger partial charge in [0, 0.05) is 53.7 Å². The summed E-state index contributed by atoms with van der Waals surface area (Å²) in [5, 5.41) is 2.87. The van der Waals surface area contributed by atoms with Crippen molar-refractivity contribution in [2.24, 2.45) is 0 Å². The van der Waals surface area contributed by atoms with Crippen molar-refractivity contribution in [2.75, 3.05) is 13.1 Å². The summed E-state index contributed by atoms with van der Waals surface area (Å²) in [4.78, 5) is 39.6. The minimum absolute atomic E-state index is 0.0179. The van der Waals surface area contributed by atoms with Crippen molar-refractivity contribution < 1.29 is 14.4 Å². The molecule has 126 valence electrons. The summed E-state index contributed by atoms with van der Waals surface area (Å²) >= 11 is 1.60. The largest absolute Gasteiger partial charge is 0.352 e. The second-order valence-electron chi connectivity index (χ2n) is 6.16. The number of Topliss-reactive ketones (excluding diaryl/α,β-unsaturated/α-hetero) is 1. The number of carbonyl (C=O) groups excluding carboxylic acids is 3. The number of nitrogens with one attached hydrogen (secondary N) is 1. The number of likely N-dealkylation sites (tertiary alicyclic amines) is 1. The van der Waals surface area contributed by atoms with E-state index in [-0.39, 0.29) is 36.5 Å². The third kappa shape index (κ3) is 4.89. The maximum atomic E-state index is 12.2. The van der Waals surface area contributed by atoms with Gasteiger partial charge in [0.2, 0.25) is 11.8 Å². The normalized spacial score (nSPS) is 15.8. The predicted molar refractivity (Wildman–Crippen MR) is 90.8 cm³/mol. The maximum absolute atomic E-state index is 12.2. The van der Waals surface area contributed by atoms with Crippen LogP contribution in [0.3, 0.4) is 0 Å². The molecular weight excluding hydrogens is 312 g/mol. The Hall–Kier alpha value is -1.69. The van der Waals surface area contributed by atoms with E-state index in [1.165, 1.54) is 0 Å². The summed E-state index contributed by atoms with van der Waals surface area (Å²) in [6, 6.07) is 1.80. The van der Waals surface area contributed by atoms with Crippen LogP contribution in [-0.2, 0) is 9.59 Å². The fraction of sp³-hybridized carbons (Fsp3) is 0.588. The predicted octanol–water partition coefficient (Wildman–Crippen LogP) is 2.45. The van der Waals surface area contributed by atoms with E-state index in [9.17, 15) is 14.4 Å². The van der Waals surface area contributed by atoms with Gasteiger partial charge >= 0.3 is 0 Å². The van der Waals surface area contributed by atoms with Crippen LogP contribution in [0.25, 0.3) is 0 Å². The van der Waals surface area contributed by atoms with E-state index in [2.05, 4.69) is 5.32 Å². The Morgan fingerprint density at radius 1 is 1.35 bits per heavy atom. The Morgan fingerprint density at radius 3 is 2.65 bits per heavy atom. The van der Waals surface area contributed by atoms with E-state index in [0.29, 0.717) is 13.0 Å². The number of hydrogen-bond acceptors (Lipinski definition) is 4. The van der Waals surface area contributed by atoms with E-state index < -0.39 is 0 Å². The third-order valence-corrected chi connectivity index (χ3v) is 4.96. The van der Waals surface area contributed by atoms with Gasteiger partial charge in [0.05, 0.1) is 0 Å². The smallest absolute Gasteiger partial charge is 0.222 e. The SMILES string of the molecule is Cc1cc(C(=O)CCC(=O)N[C@H](C)CN2CCCC2=O)c(C)s1. The lowest BCUT2D eigenvalue weighted by Crippen LogP contribution is -2.42. The summed E-state index contributed by atoms with van der Waals surface area (Å²) < 4.78 is 0. The molecule has 0 saturated carbocycles. The first-order chi connectivity index (χ1) is 10.9. The van der Waals surface area contributed by atoms with Gasteiger partial charge < -0.3 is 10.2 Å². The summed E-state index contributed by atoms with van der Waals surface area (Å²) in [5.41, 5.74) is 0.732. The molecule has 1 aliphatic rings. The highest BCUT2D eigenvalue weighted by Crippen LogP contribution is 2.22. The second kappa shape index (κ2) is 7.73. The Kier molecular flexibility index (Phi) is 5.93. The zero-order chi connectivity index (χ0) is 17.0. The number of thiophene rings is 1. The molecule has 1 aliphatic heterocycles. The Labute approximate surface area is 141 Å². The van der Waals surface area contributed by atoms with E-state index in [0.717, 1.165) is 28.3 Å². The molecule has 0 aliphatic carbocycles. The highest BCUT2D eigenvalue weighted by atomic mass is 32.1. The van der Waals surface area contributed by atoms with Gasteiger partial charge in [-0.3, -0.25) is 14.4 Å². The van der Waals surface area contributed by atoms with Crippen LogP contribution >= 0.6 is 11.3 Å². The van der Waals surface area contributed by atoms with Crippen molar-refractivity contribution in [3.63, 3.8) is 0 Å². The molecule has 1 aromatic heterocycles. The van der Waals surface area contributed by atoms with Crippen molar-refractivity contribution >= 4 is 28.9 Å². The molecule has 2 heterocycles. The van der Waals surface area contributed by atoms with Crippen molar-refractivity contribution in [1.29, 1.82) is 0 Å². The maximum Gasteiger partial charge on any atom is 0.222 e. The second-order valence-corrected chi connectivity index (χ2v) is 7.62. The molecule has 0 spiro atoms. The van der Waals surface area contributed by atoms with Crippen LogP contribution in [0.15, 0.2) is 6.07 Å². The van der Waals surface area contributed by atoms with Crippen LogP contribution in [0.4, 0.5) is 0 Å². The molecule has 0 radical (unpaired) electrons. The van der Waals surface area contributed by atoms with Crippen LogP contribution in [0.2, 0.25) is 0 Å². The molecule has 1 aromatic rings. The third-order valence-electron chi connectivity index (χ3n) is 3.99. The summed E-state index contributed by atoms with van der Waals surface area (Å²) in [6.07, 6.45) is 1.91. The van der Waals surface area contributed by atoms with Crippen LogP contribution in [0.5, 0.6) is 0 Å². The topological polar surface area (TPSA) is 66.5 Å². The minimum atomic E-state index is -0.137. The lowest BCUT2D eigenvalue weighted by molar-refractivity contribution is -0.129. The Morgan fingerprint density at radius 2 is 2.09 bits per heavy atom. The van der Waals surface area contributed by atoms with E-state index in [1.54, 1.807) is 16.2 Å². The van der Waals surface area contributed by atoms with Crippen LogP contribution in [-0.4, -0.2) is 41.6 Å². The van der Waals surface area contributed by atoms with E-state index in [1.807, 2.05) is 26.8 Å². The average molecular weight is 336 g/mol. The van der Waals surface area contributed by atoms with Gasteiger partial charge in [-0.2, -0.15) is 0 Å². The molecule has 1 saturated heterocycles. The lowest BCUT2D eigenvalue weighted by atomic mass is 10.1. The number of ketones is 1. The Balaban J connectivity index is 1.75. The first-order valence-electron chi connectivity index (χ1n) is 8.04. The standard InChI is InChI=1S/C17H24N2O3S/c1-11(10-19-8-4-5-17(19)22)18-16(21)7-6-15(20)14-9-12(2)23-13(14)3/h9,11H,4-8,10H2,1-3H3,(H,18,21)/t11-/m1/s1. The van der Waals surface area contributed by atoms with Gasteiger partial charge in [0.15, 0.2) is 5.78 Å². The van der Waals surface area contributed by atoms with Gasteiger partial charge in [-0.1, -0.05) is 0 Å². The summed E-state index contributed by atoms with van der Waals surface area (Å²) in [5.74, 6) is 0.0380. The molecule has 5 nitrogen and oxygen atoms in total. The number of rotatable bonds is 7. The van der Waals surface area contributed by atoms with Crippen molar-refractivity contribution in [3.05, 3.63) is 21.4 Å². The quantitative estimate of drug-likeness (QED) is 0.778. The molecule has 23 heavy (non-hydrogen) atoms. The molecule has 0 bridgehead atoms. The number of hydrogen-bond donors (Lipinski definition) is 1. The Bertz CT molecular complexity index is 609. The molecule has 1 N–H and O–H groups in total. The van der Waals surface area contributed by atoms with Gasteiger partial charge in [0.25, 0.3) is 0 Å². The van der Waals surface area contributed by atoms with Crippen LogP contribution in [0.1, 0.15) is 52.7 Å². The number of aryl methyl sites for hydroxylation is 2. The summed E-state index contributed by atoms with van der Waals surface area (Å²) in [6.45, 7) is 7.11. The summed E-state index contributed by atoms with van der Waals surface area (Å²) in [7, 11) is 0. The zero-order valence-corrected chi connectivity index (χ0v) is 14.8. The van der Waals surface area contributed by atoms with E-state index >= 15 is 0 Å². The van der Waals surface area contributed by atoms with Crippen molar-refractivity contribution in [2.45, 2.75) is 52.5 Å². The molecule has 2 amide bonds. The fourth-order valence-electron chi connectivity index (χ4n) is 2.89. The van der Waals surface area contributed by atoms with Gasteiger partial charge in [-0.25, -0.2) is 0 Å². The van der Waals surface area contributed by atoms with Crippen molar-refractivity contribution in [1.82, 2.24) is 10.2 Å². The number of amides is 2. The first kappa shape index (κ1) is 17.7. The first-order valence-corrected chi connectivity index (χ1v) is 8.86. The molecule has 0 unspecified atom stereocenters. The van der Waals surface area contributed by atoms with Crippen LogP contribution in [0, 0.1) is 13.8 Å². The zero-order valence-electron chi connectivity index (χ0n) is 14.0. The monoisotopic (exact) mass is 336 g/mol. The average Bonchev–Trinajstić information content (AvgIpc) is 3.02.